The lowest BCUT2D eigenvalue weighted by Gasteiger charge is -2.40. The molecule has 1 saturated heterocycles. The first-order valence-electron chi connectivity index (χ1n) is 7.64. The molecule has 3 unspecified atom stereocenters. The van der Waals surface area contributed by atoms with E-state index in [4.69, 9.17) is 0 Å². The molecule has 0 spiro atoms. The number of carboxylic acid groups (broad SMARTS) is 1. The number of carbonyl (C=O) groups is 1. The number of likely N-dealkylation sites (tertiary alicyclic amines) is 1. The molecular weight excluding hydrogens is 269 g/mol. The van der Waals surface area contributed by atoms with E-state index in [2.05, 4.69) is 18.7 Å². The SMILES string of the molecule is CC1CC(C)CN(C(CC(=O)O)Cc2ccc(F)cc2)C1. The summed E-state index contributed by atoms with van der Waals surface area (Å²) >= 11 is 0. The number of aliphatic carboxylic acids is 1. The van der Waals surface area contributed by atoms with Gasteiger partial charge in [-0.05, 0) is 42.4 Å². The second-order valence-electron chi connectivity index (χ2n) is 6.48. The predicted octanol–water partition coefficient (Wildman–Crippen LogP) is 3.19. The van der Waals surface area contributed by atoms with Crippen LogP contribution in [0.25, 0.3) is 0 Å². The maximum absolute atomic E-state index is 13.0. The lowest BCUT2D eigenvalue weighted by atomic mass is 9.89. The normalized spacial score (nSPS) is 24.7. The largest absolute Gasteiger partial charge is 0.481 e. The van der Waals surface area contributed by atoms with Crippen LogP contribution in [0.4, 0.5) is 4.39 Å². The third kappa shape index (κ3) is 4.81. The summed E-state index contributed by atoms with van der Waals surface area (Å²) in [5, 5.41) is 9.18. The molecule has 4 heteroatoms. The minimum atomic E-state index is -0.770. The van der Waals surface area contributed by atoms with Crippen LogP contribution >= 0.6 is 0 Å². The van der Waals surface area contributed by atoms with Crippen LogP contribution in [0.3, 0.4) is 0 Å². The summed E-state index contributed by atoms with van der Waals surface area (Å²) in [5.74, 6) is 0.165. The summed E-state index contributed by atoms with van der Waals surface area (Å²) in [4.78, 5) is 13.5. The van der Waals surface area contributed by atoms with E-state index in [1.54, 1.807) is 12.1 Å². The smallest absolute Gasteiger partial charge is 0.304 e. The van der Waals surface area contributed by atoms with E-state index in [0.29, 0.717) is 18.3 Å². The Morgan fingerprint density at radius 1 is 1.29 bits per heavy atom. The molecule has 3 nitrogen and oxygen atoms in total. The number of hydrogen-bond donors (Lipinski definition) is 1. The molecule has 0 aliphatic carbocycles. The molecule has 0 radical (unpaired) electrons. The van der Waals surface area contributed by atoms with E-state index in [1.165, 1.54) is 18.6 Å². The van der Waals surface area contributed by atoms with Crippen molar-refractivity contribution in [2.45, 2.75) is 39.2 Å². The van der Waals surface area contributed by atoms with E-state index in [1.807, 2.05) is 0 Å². The number of halogens is 1. The van der Waals surface area contributed by atoms with Gasteiger partial charge in [0.1, 0.15) is 5.82 Å². The first kappa shape index (κ1) is 16.0. The highest BCUT2D eigenvalue weighted by Crippen LogP contribution is 2.25. The minimum Gasteiger partial charge on any atom is -0.481 e. The van der Waals surface area contributed by atoms with Crippen molar-refractivity contribution < 1.29 is 14.3 Å². The highest BCUT2D eigenvalue weighted by molar-refractivity contribution is 5.67. The van der Waals surface area contributed by atoms with Gasteiger partial charge in [0.05, 0.1) is 6.42 Å². The first-order chi connectivity index (χ1) is 9.94. The molecule has 116 valence electrons. The van der Waals surface area contributed by atoms with Crippen molar-refractivity contribution >= 4 is 5.97 Å². The van der Waals surface area contributed by atoms with Crippen molar-refractivity contribution in [3.05, 3.63) is 35.6 Å². The number of piperidine rings is 1. The Morgan fingerprint density at radius 2 is 1.86 bits per heavy atom. The minimum absolute atomic E-state index is 0.0156. The van der Waals surface area contributed by atoms with Gasteiger partial charge in [0, 0.05) is 19.1 Å². The Hall–Kier alpha value is -1.42. The van der Waals surface area contributed by atoms with Gasteiger partial charge < -0.3 is 5.11 Å². The second-order valence-corrected chi connectivity index (χ2v) is 6.48. The number of rotatable bonds is 5. The van der Waals surface area contributed by atoms with Gasteiger partial charge in [0.25, 0.3) is 0 Å². The number of carboxylic acids is 1. The van der Waals surface area contributed by atoms with Gasteiger partial charge in [-0.3, -0.25) is 9.69 Å². The number of hydrogen-bond acceptors (Lipinski definition) is 2. The molecule has 0 amide bonds. The predicted molar refractivity (Wildman–Crippen MR) is 80.7 cm³/mol. The average molecular weight is 293 g/mol. The molecule has 21 heavy (non-hydrogen) atoms. The Kier molecular flexibility index (Phi) is 5.34. The molecule has 2 rings (SSSR count). The fraction of sp³-hybridized carbons (Fsp3) is 0.588. The van der Waals surface area contributed by atoms with Crippen LogP contribution in [0, 0.1) is 17.7 Å². The third-order valence-corrected chi connectivity index (χ3v) is 4.21. The lowest BCUT2D eigenvalue weighted by Crippen LogP contribution is -2.46. The Bertz CT molecular complexity index is 464. The standard InChI is InChI=1S/C17H24FNO2/c1-12-7-13(2)11-19(10-12)16(9-17(20)21)8-14-3-5-15(18)6-4-14/h3-6,12-13,16H,7-11H2,1-2H3,(H,20,21). The van der Waals surface area contributed by atoms with Crippen LogP contribution in [0.2, 0.25) is 0 Å². The van der Waals surface area contributed by atoms with Gasteiger partial charge in [0.2, 0.25) is 0 Å². The zero-order chi connectivity index (χ0) is 15.4. The van der Waals surface area contributed by atoms with Crippen molar-refractivity contribution in [2.24, 2.45) is 11.8 Å². The third-order valence-electron chi connectivity index (χ3n) is 4.21. The molecule has 3 atom stereocenters. The molecule has 1 aliphatic heterocycles. The zero-order valence-corrected chi connectivity index (χ0v) is 12.8. The summed E-state index contributed by atoms with van der Waals surface area (Å²) in [7, 11) is 0. The fourth-order valence-corrected chi connectivity index (χ4v) is 3.43. The Morgan fingerprint density at radius 3 is 2.38 bits per heavy atom. The van der Waals surface area contributed by atoms with Gasteiger partial charge in [-0.15, -0.1) is 0 Å². The average Bonchev–Trinajstić information content (AvgIpc) is 2.39. The number of nitrogens with zero attached hydrogens (tertiary/aromatic N) is 1. The van der Waals surface area contributed by atoms with Crippen LogP contribution in [0.1, 0.15) is 32.3 Å². The van der Waals surface area contributed by atoms with Crippen molar-refractivity contribution in [1.29, 1.82) is 0 Å². The first-order valence-corrected chi connectivity index (χ1v) is 7.64. The summed E-state index contributed by atoms with van der Waals surface area (Å²) in [6.07, 6.45) is 2.00. The van der Waals surface area contributed by atoms with Crippen LogP contribution in [0.5, 0.6) is 0 Å². The molecule has 1 N–H and O–H groups in total. The van der Waals surface area contributed by atoms with E-state index in [0.717, 1.165) is 18.7 Å². The molecule has 1 aliphatic rings. The van der Waals surface area contributed by atoms with Gasteiger partial charge in [0.15, 0.2) is 0 Å². The molecular formula is C17H24FNO2. The highest BCUT2D eigenvalue weighted by atomic mass is 19.1. The highest BCUT2D eigenvalue weighted by Gasteiger charge is 2.28. The quantitative estimate of drug-likeness (QED) is 0.906. The monoisotopic (exact) mass is 293 g/mol. The van der Waals surface area contributed by atoms with E-state index in [9.17, 15) is 14.3 Å². The summed E-state index contributed by atoms with van der Waals surface area (Å²) < 4.78 is 13.0. The zero-order valence-electron chi connectivity index (χ0n) is 12.8. The molecule has 1 aromatic carbocycles. The van der Waals surface area contributed by atoms with Gasteiger partial charge in [-0.1, -0.05) is 26.0 Å². The van der Waals surface area contributed by atoms with E-state index in [-0.39, 0.29) is 18.3 Å². The Labute approximate surface area is 125 Å². The lowest BCUT2D eigenvalue weighted by molar-refractivity contribution is -0.138. The van der Waals surface area contributed by atoms with Gasteiger partial charge >= 0.3 is 5.97 Å². The summed E-state index contributed by atoms with van der Waals surface area (Å²) in [6, 6.07) is 6.36. The number of benzene rings is 1. The van der Waals surface area contributed by atoms with Crippen molar-refractivity contribution in [2.75, 3.05) is 13.1 Å². The maximum atomic E-state index is 13.0. The summed E-state index contributed by atoms with van der Waals surface area (Å²) in [5.41, 5.74) is 0.994. The van der Waals surface area contributed by atoms with E-state index < -0.39 is 5.97 Å². The molecule has 1 aromatic rings. The fourth-order valence-electron chi connectivity index (χ4n) is 3.43. The molecule has 0 aromatic heterocycles. The van der Waals surface area contributed by atoms with E-state index >= 15 is 0 Å². The molecule has 0 saturated carbocycles. The second kappa shape index (κ2) is 7.03. The van der Waals surface area contributed by atoms with Crippen LogP contribution in [-0.4, -0.2) is 35.1 Å². The maximum Gasteiger partial charge on any atom is 0.304 e. The summed E-state index contributed by atoms with van der Waals surface area (Å²) in [6.45, 7) is 6.34. The van der Waals surface area contributed by atoms with Crippen molar-refractivity contribution in [1.82, 2.24) is 4.90 Å². The van der Waals surface area contributed by atoms with Crippen molar-refractivity contribution in [3.8, 4) is 0 Å². The van der Waals surface area contributed by atoms with Crippen LogP contribution in [0.15, 0.2) is 24.3 Å². The molecule has 1 heterocycles. The van der Waals surface area contributed by atoms with Crippen LogP contribution < -0.4 is 0 Å². The molecule has 1 fully saturated rings. The van der Waals surface area contributed by atoms with Crippen LogP contribution in [-0.2, 0) is 11.2 Å². The van der Waals surface area contributed by atoms with Gasteiger partial charge in [-0.25, -0.2) is 4.39 Å². The van der Waals surface area contributed by atoms with Crippen molar-refractivity contribution in [3.63, 3.8) is 0 Å². The Balaban J connectivity index is 2.09. The van der Waals surface area contributed by atoms with Gasteiger partial charge in [-0.2, -0.15) is 0 Å². The topological polar surface area (TPSA) is 40.5 Å². The molecule has 0 bridgehead atoms.